The van der Waals surface area contributed by atoms with Crippen LogP contribution in [0.4, 0.5) is 4.79 Å². The fourth-order valence-electron chi connectivity index (χ4n) is 2.65. The number of ether oxygens (including phenoxy) is 1. The first-order valence-corrected chi connectivity index (χ1v) is 5.31. The van der Waals surface area contributed by atoms with E-state index in [2.05, 4.69) is 5.32 Å². The zero-order valence-electron chi connectivity index (χ0n) is 9.33. The zero-order valence-corrected chi connectivity index (χ0v) is 9.33. The van der Waals surface area contributed by atoms with Crippen molar-refractivity contribution < 1.29 is 9.53 Å². The number of rotatable bonds is 1. The van der Waals surface area contributed by atoms with E-state index < -0.39 is 5.54 Å². The van der Waals surface area contributed by atoms with Crippen molar-refractivity contribution in [1.82, 2.24) is 10.2 Å². The minimum Gasteiger partial charge on any atom is -0.375 e. The van der Waals surface area contributed by atoms with Crippen molar-refractivity contribution in [3.63, 3.8) is 0 Å². The summed E-state index contributed by atoms with van der Waals surface area (Å²) in [6, 6.07) is -0.0932. The average molecular weight is 211 g/mol. The van der Waals surface area contributed by atoms with Gasteiger partial charge >= 0.3 is 6.03 Å². The van der Waals surface area contributed by atoms with E-state index in [0.717, 1.165) is 0 Å². The van der Waals surface area contributed by atoms with Crippen LogP contribution in [0.1, 0.15) is 27.2 Å². The van der Waals surface area contributed by atoms with E-state index in [9.17, 15) is 4.79 Å². The number of urea groups is 1. The van der Waals surface area contributed by atoms with E-state index in [-0.39, 0.29) is 24.0 Å². The summed E-state index contributed by atoms with van der Waals surface area (Å²) in [5, 5.41) is 10.5. The first-order chi connectivity index (χ1) is 7.00. The Morgan fingerprint density at radius 2 is 2.33 bits per heavy atom. The molecule has 2 aliphatic rings. The van der Waals surface area contributed by atoms with E-state index in [0.29, 0.717) is 13.0 Å². The molecule has 2 heterocycles. The molecule has 2 amide bonds. The Labute approximate surface area is 89.3 Å². The summed E-state index contributed by atoms with van der Waals surface area (Å²) in [4.78, 5) is 13.5. The molecule has 2 N–H and O–H groups in total. The maximum absolute atomic E-state index is 11.8. The summed E-state index contributed by atoms with van der Waals surface area (Å²) in [7, 11) is 0. The van der Waals surface area contributed by atoms with Gasteiger partial charge in [0.1, 0.15) is 11.4 Å². The van der Waals surface area contributed by atoms with Gasteiger partial charge in [-0.3, -0.25) is 10.7 Å². The Morgan fingerprint density at radius 1 is 1.67 bits per heavy atom. The van der Waals surface area contributed by atoms with Gasteiger partial charge < -0.3 is 9.64 Å². The molecule has 2 atom stereocenters. The van der Waals surface area contributed by atoms with Gasteiger partial charge in [-0.2, -0.15) is 0 Å². The maximum Gasteiger partial charge on any atom is 0.323 e. The lowest BCUT2D eigenvalue weighted by Gasteiger charge is -2.37. The molecule has 2 saturated heterocycles. The molecular formula is C10H17N3O2. The molecule has 2 rings (SSSR count). The van der Waals surface area contributed by atoms with Crippen molar-refractivity contribution in [2.24, 2.45) is 0 Å². The van der Waals surface area contributed by atoms with Gasteiger partial charge in [-0.05, 0) is 20.8 Å². The van der Waals surface area contributed by atoms with E-state index >= 15 is 0 Å². The molecule has 2 fully saturated rings. The minimum absolute atomic E-state index is 0.0806. The number of carbonyl (C=O) groups is 1. The Bertz CT molecular complexity index is 316. The fraction of sp³-hybridized carbons (Fsp3) is 0.800. The lowest BCUT2D eigenvalue weighted by Crippen LogP contribution is -2.56. The summed E-state index contributed by atoms with van der Waals surface area (Å²) in [5.41, 5.74) is -0.550. The Balaban J connectivity index is 2.43. The van der Waals surface area contributed by atoms with Crippen LogP contribution < -0.4 is 5.32 Å². The molecule has 84 valence electrons. The normalized spacial score (nSPS) is 35.7. The van der Waals surface area contributed by atoms with E-state index in [1.165, 1.54) is 0 Å². The Kier molecular flexibility index (Phi) is 2.22. The molecule has 0 aromatic heterocycles. The molecule has 0 aliphatic carbocycles. The largest absolute Gasteiger partial charge is 0.375 e. The summed E-state index contributed by atoms with van der Waals surface area (Å²) in [6.07, 6.45) is 0.607. The van der Waals surface area contributed by atoms with Crippen molar-refractivity contribution >= 4 is 11.9 Å². The van der Waals surface area contributed by atoms with Gasteiger partial charge in [-0.15, -0.1) is 0 Å². The van der Waals surface area contributed by atoms with Gasteiger partial charge in [-0.1, -0.05) is 0 Å². The molecule has 15 heavy (non-hydrogen) atoms. The summed E-state index contributed by atoms with van der Waals surface area (Å²) in [5.74, 6) is 0.284. The second-order valence-corrected chi connectivity index (χ2v) is 4.46. The highest BCUT2D eigenvalue weighted by Crippen LogP contribution is 2.37. The van der Waals surface area contributed by atoms with Gasteiger partial charge in [0.25, 0.3) is 0 Å². The van der Waals surface area contributed by atoms with Gasteiger partial charge in [0.2, 0.25) is 0 Å². The van der Waals surface area contributed by atoms with E-state index in [1.54, 1.807) is 4.90 Å². The van der Waals surface area contributed by atoms with Gasteiger partial charge in [-0.25, -0.2) is 4.79 Å². The van der Waals surface area contributed by atoms with Crippen LogP contribution in [0.5, 0.6) is 0 Å². The number of nitrogens with one attached hydrogen (secondary N) is 2. The molecule has 2 aliphatic heterocycles. The molecule has 0 aromatic carbocycles. The van der Waals surface area contributed by atoms with Crippen molar-refractivity contribution in [3.05, 3.63) is 0 Å². The molecule has 0 bridgehead atoms. The highest BCUT2D eigenvalue weighted by molar-refractivity contribution is 6.09. The smallest absolute Gasteiger partial charge is 0.323 e. The van der Waals surface area contributed by atoms with E-state index in [1.807, 2.05) is 20.8 Å². The van der Waals surface area contributed by atoms with Crippen LogP contribution in [0, 0.1) is 5.41 Å². The SMILES string of the molecule is CC(C)N1C(=O)NC(=N)C12CCOC2C. The van der Waals surface area contributed by atoms with Crippen LogP contribution in [-0.2, 0) is 4.74 Å². The predicted molar refractivity (Wildman–Crippen MR) is 56.0 cm³/mol. The lowest BCUT2D eigenvalue weighted by molar-refractivity contribution is 0.0601. The van der Waals surface area contributed by atoms with E-state index in [4.69, 9.17) is 10.1 Å². The average Bonchev–Trinajstić information content (AvgIpc) is 2.58. The van der Waals surface area contributed by atoms with Crippen LogP contribution >= 0.6 is 0 Å². The van der Waals surface area contributed by atoms with Crippen LogP contribution in [0.2, 0.25) is 0 Å². The quantitative estimate of drug-likeness (QED) is 0.678. The molecular weight excluding hydrogens is 194 g/mol. The number of amides is 2. The predicted octanol–water partition coefficient (Wildman–Crippen LogP) is 0.945. The second kappa shape index (κ2) is 3.20. The molecule has 2 unspecified atom stereocenters. The van der Waals surface area contributed by atoms with Gasteiger partial charge in [0.05, 0.1) is 6.10 Å². The van der Waals surface area contributed by atoms with Crippen LogP contribution in [-0.4, -0.2) is 41.1 Å². The molecule has 5 nitrogen and oxygen atoms in total. The van der Waals surface area contributed by atoms with Crippen LogP contribution in [0.25, 0.3) is 0 Å². The molecule has 5 heteroatoms. The third-order valence-corrected chi connectivity index (χ3v) is 3.35. The number of carbonyl (C=O) groups excluding carboxylic acids is 1. The first kappa shape index (κ1) is 10.4. The monoisotopic (exact) mass is 211 g/mol. The first-order valence-electron chi connectivity index (χ1n) is 5.31. The Morgan fingerprint density at radius 3 is 2.80 bits per heavy atom. The highest BCUT2D eigenvalue weighted by Gasteiger charge is 2.57. The van der Waals surface area contributed by atoms with Crippen LogP contribution in [0.15, 0.2) is 0 Å². The highest BCUT2D eigenvalue weighted by atomic mass is 16.5. The van der Waals surface area contributed by atoms with Gasteiger partial charge in [0, 0.05) is 19.1 Å². The molecule has 0 aromatic rings. The summed E-state index contributed by atoms with van der Waals surface area (Å²) >= 11 is 0. The van der Waals surface area contributed by atoms with Crippen molar-refractivity contribution in [2.75, 3.05) is 6.61 Å². The van der Waals surface area contributed by atoms with Crippen molar-refractivity contribution in [1.29, 1.82) is 5.41 Å². The second-order valence-electron chi connectivity index (χ2n) is 4.46. The van der Waals surface area contributed by atoms with Crippen molar-refractivity contribution in [2.45, 2.75) is 44.9 Å². The fourth-order valence-corrected chi connectivity index (χ4v) is 2.65. The van der Waals surface area contributed by atoms with Gasteiger partial charge in [0.15, 0.2) is 0 Å². The third-order valence-electron chi connectivity index (χ3n) is 3.35. The molecule has 1 spiro atoms. The topological polar surface area (TPSA) is 65.4 Å². The summed E-state index contributed by atoms with van der Waals surface area (Å²) in [6.45, 7) is 6.47. The lowest BCUT2D eigenvalue weighted by atomic mass is 9.89. The summed E-state index contributed by atoms with van der Waals surface area (Å²) < 4.78 is 5.52. The number of amidine groups is 1. The molecule has 0 radical (unpaired) electrons. The third kappa shape index (κ3) is 1.19. The Hall–Kier alpha value is -1.10. The molecule has 0 saturated carbocycles. The standard InChI is InChI=1S/C10H17N3O2/c1-6(2)13-9(14)12-8(11)10(13)4-5-15-7(10)3/h6-7H,4-5H2,1-3H3,(H2,11,12,14). The number of hydrogen-bond acceptors (Lipinski definition) is 3. The maximum atomic E-state index is 11.8. The zero-order chi connectivity index (χ0) is 11.2. The minimum atomic E-state index is -0.550. The number of hydrogen-bond donors (Lipinski definition) is 2. The van der Waals surface area contributed by atoms with Crippen LogP contribution in [0.3, 0.4) is 0 Å². The number of nitrogens with zero attached hydrogens (tertiary/aromatic N) is 1. The van der Waals surface area contributed by atoms with Crippen molar-refractivity contribution in [3.8, 4) is 0 Å².